The maximum absolute atomic E-state index is 13.0. The first-order chi connectivity index (χ1) is 15.0. The van der Waals surface area contributed by atoms with Crippen LogP contribution in [-0.2, 0) is 21.9 Å². The molecule has 1 aromatic heterocycles. The lowest BCUT2D eigenvalue weighted by Gasteiger charge is -2.39. The molecule has 0 spiro atoms. The molecular weight excluding hydrogens is 410 g/mol. The predicted molar refractivity (Wildman–Crippen MR) is 122 cm³/mol. The van der Waals surface area contributed by atoms with E-state index in [0.717, 1.165) is 27.7 Å². The molecule has 1 aliphatic rings. The van der Waals surface area contributed by atoms with E-state index in [1.54, 1.807) is 0 Å². The summed E-state index contributed by atoms with van der Waals surface area (Å²) >= 11 is 6.30. The molecule has 0 fully saturated rings. The minimum Gasteiger partial charge on any atom is -0.463 e. The van der Waals surface area contributed by atoms with Gasteiger partial charge in [-0.25, -0.2) is 4.79 Å². The van der Waals surface area contributed by atoms with Crippen molar-refractivity contribution in [1.29, 1.82) is 0 Å². The Labute approximate surface area is 185 Å². The quantitative estimate of drug-likeness (QED) is 0.281. The van der Waals surface area contributed by atoms with Crippen molar-refractivity contribution >= 4 is 28.5 Å². The maximum atomic E-state index is 13.0. The number of halogens is 1. The zero-order valence-corrected chi connectivity index (χ0v) is 17.7. The van der Waals surface area contributed by atoms with Gasteiger partial charge in [0.1, 0.15) is 12.4 Å². The Balaban J connectivity index is 1.59. The van der Waals surface area contributed by atoms with Gasteiger partial charge >= 0.3 is 5.97 Å². The van der Waals surface area contributed by atoms with Gasteiger partial charge in [0.05, 0.1) is 16.8 Å². The average molecular weight is 430 g/mol. The van der Waals surface area contributed by atoms with Crippen molar-refractivity contribution in [1.82, 2.24) is 4.57 Å². The Bertz CT molecular complexity index is 1330. The largest absolute Gasteiger partial charge is 0.463 e. The molecule has 5 rings (SSSR count). The Morgan fingerprint density at radius 2 is 1.81 bits per heavy atom. The molecule has 0 radical (unpaired) electrons. The van der Waals surface area contributed by atoms with Crippen LogP contribution < -0.4 is 4.74 Å². The highest BCUT2D eigenvalue weighted by molar-refractivity contribution is 6.31. The van der Waals surface area contributed by atoms with Gasteiger partial charge in [-0.3, -0.25) is 4.57 Å². The molecule has 0 bridgehead atoms. The van der Waals surface area contributed by atoms with Crippen molar-refractivity contribution in [2.24, 2.45) is 0 Å². The summed E-state index contributed by atoms with van der Waals surface area (Å²) in [5, 5.41) is 1.60. The molecule has 0 N–H and O–H groups in total. The lowest BCUT2D eigenvalue weighted by molar-refractivity contribution is -0.143. The first-order valence-corrected chi connectivity index (χ1v) is 10.4. The van der Waals surface area contributed by atoms with Crippen molar-refractivity contribution in [3.8, 4) is 17.0 Å². The van der Waals surface area contributed by atoms with Gasteiger partial charge in [-0.1, -0.05) is 66.7 Å². The lowest BCUT2D eigenvalue weighted by Crippen LogP contribution is -2.43. The molecule has 0 amide bonds. The summed E-state index contributed by atoms with van der Waals surface area (Å²) in [6.07, 6.45) is 0. The number of ether oxygens (including phenoxy) is 2. The Hall–Kier alpha value is -3.50. The SMILES string of the molecule is C=C(C(=O)OCc1ccccc1)C1(C)Oc2ccccc2-c2cc3ccc(Cl)cc3n21. The number of carbonyl (C=O) groups is 1. The van der Waals surface area contributed by atoms with Crippen LogP contribution in [-0.4, -0.2) is 10.5 Å². The molecular formula is C26H20ClNO3. The van der Waals surface area contributed by atoms with E-state index in [-0.39, 0.29) is 12.2 Å². The Morgan fingerprint density at radius 3 is 2.61 bits per heavy atom. The lowest BCUT2D eigenvalue weighted by atomic mass is 10.0. The van der Waals surface area contributed by atoms with Crippen LogP contribution in [0.15, 0.2) is 91.0 Å². The molecule has 2 heterocycles. The summed E-state index contributed by atoms with van der Waals surface area (Å²) < 4.78 is 13.9. The van der Waals surface area contributed by atoms with Crippen molar-refractivity contribution in [2.45, 2.75) is 19.3 Å². The number of nitrogens with zero attached hydrogens (tertiary/aromatic N) is 1. The van der Waals surface area contributed by atoms with Crippen LogP contribution in [0.25, 0.3) is 22.2 Å². The normalized spacial score (nSPS) is 16.8. The molecule has 31 heavy (non-hydrogen) atoms. The summed E-state index contributed by atoms with van der Waals surface area (Å²) in [4.78, 5) is 13.0. The van der Waals surface area contributed by atoms with Crippen molar-refractivity contribution < 1.29 is 14.3 Å². The van der Waals surface area contributed by atoms with E-state index in [2.05, 4.69) is 12.6 Å². The molecule has 1 atom stereocenters. The van der Waals surface area contributed by atoms with Crippen molar-refractivity contribution in [2.75, 3.05) is 0 Å². The van der Waals surface area contributed by atoms with Crippen LogP contribution in [0, 0.1) is 0 Å². The second kappa shape index (κ2) is 7.33. The first-order valence-electron chi connectivity index (χ1n) is 9.98. The fraction of sp³-hybridized carbons (Fsp3) is 0.115. The molecule has 4 aromatic rings. The van der Waals surface area contributed by atoms with Gasteiger partial charge < -0.3 is 9.47 Å². The second-order valence-corrected chi connectivity index (χ2v) is 8.13. The van der Waals surface area contributed by atoms with Crippen LogP contribution in [0.3, 0.4) is 0 Å². The van der Waals surface area contributed by atoms with Crippen molar-refractivity contribution in [3.63, 3.8) is 0 Å². The number of hydrogen-bond donors (Lipinski definition) is 0. The molecule has 0 aliphatic carbocycles. The standard InChI is InChI=1S/C26H20ClNO3/c1-17(25(29)30-16-18-8-4-3-5-9-18)26(2)28-22-15-20(27)13-12-19(22)14-23(28)21-10-6-7-11-24(21)31-26/h3-15H,1,16H2,2H3. The Morgan fingerprint density at radius 1 is 1.06 bits per heavy atom. The van der Waals surface area contributed by atoms with E-state index >= 15 is 0 Å². The highest BCUT2D eigenvalue weighted by Crippen LogP contribution is 2.47. The predicted octanol–water partition coefficient (Wildman–Crippen LogP) is 6.33. The second-order valence-electron chi connectivity index (χ2n) is 7.69. The number of aromatic nitrogens is 1. The van der Waals surface area contributed by atoms with Gasteiger partial charge in [0.15, 0.2) is 0 Å². The molecule has 1 aliphatic heterocycles. The van der Waals surface area contributed by atoms with Gasteiger partial charge in [0.25, 0.3) is 0 Å². The third-order valence-corrected chi connectivity index (χ3v) is 5.92. The molecule has 154 valence electrons. The minimum absolute atomic E-state index is 0.163. The monoisotopic (exact) mass is 429 g/mol. The fourth-order valence-electron chi connectivity index (χ4n) is 4.06. The van der Waals surface area contributed by atoms with E-state index in [1.165, 1.54) is 0 Å². The van der Waals surface area contributed by atoms with E-state index in [0.29, 0.717) is 10.8 Å². The average Bonchev–Trinajstić information content (AvgIpc) is 3.17. The molecule has 0 saturated carbocycles. The highest BCUT2D eigenvalue weighted by atomic mass is 35.5. The number of hydrogen-bond acceptors (Lipinski definition) is 3. The van der Waals surface area contributed by atoms with E-state index < -0.39 is 11.7 Å². The summed E-state index contributed by atoms with van der Waals surface area (Å²) in [5.41, 5.74) is 2.66. The van der Waals surface area contributed by atoms with Gasteiger partial charge in [-0.2, -0.15) is 0 Å². The number of carbonyl (C=O) groups excluding carboxylic acids is 1. The molecule has 1 unspecified atom stereocenters. The van der Waals surface area contributed by atoms with E-state index in [1.807, 2.05) is 84.3 Å². The van der Waals surface area contributed by atoms with Crippen LogP contribution in [0.4, 0.5) is 0 Å². The first kappa shape index (κ1) is 19.5. The third kappa shape index (κ3) is 3.20. The molecule has 5 heteroatoms. The number of rotatable bonds is 4. The highest BCUT2D eigenvalue weighted by Gasteiger charge is 2.43. The number of para-hydroxylation sites is 1. The molecule has 0 saturated heterocycles. The van der Waals surface area contributed by atoms with Gasteiger partial charge in [-0.05, 0) is 35.9 Å². The fourth-order valence-corrected chi connectivity index (χ4v) is 4.22. The van der Waals surface area contributed by atoms with Gasteiger partial charge in [0, 0.05) is 22.9 Å². The van der Waals surface area contributed by atoms with E-state index in [4.69, 9.17) is 21.1 Å². The minimum atomic E-state index is -1.18. The van der Waals surface area contributed by atoms with Crippen molar-refractivity contribution in [3.05, 3.63) is 102 Å². The zero-order valence-electron chi connectivity index (χ0n) is 17.0. The van der Waals surface area contributed by atoms with Crippen LogP contribution in [0.1, 0.15) is 12.5 Å². The topological polar surface area (TPSA) is 40.5 Å². The number of esters is 1. The Kier molecular flexibility index (Phi) is 4.60. The number of fused-ring (bicyclic) bond motifs is 5. The summed E-state index contributed by atoms with van der Waals surface area (Å²) in [5.74, 6) is 0.170. The molecule has 3 aromatic carbocycles. The van der Waals surface area contributed by atoms with Crippen LogP contribution >= 0.6 is 11.6 Å². The van der Waals surface area contributed by atoms with Gasteiger partial charge in [0.2, 0.25) is 5.72 Å². The third-order valence-electron chi connectivity index (χ3n) is 5.68. The van der Waals surface area contributed by atoms with Gasteiger partial charge in [-0.15, -0.1) is 0 Å². The maximum Gasteiger partial charge on any atom is 0.339 e. The molecule has 4 nitrogen and oxygen atoms in total. The summed E-state index contributed by atoms with van der Waals surface area (Å²) in [7, 11) is 0. The smallest absolute Gasteiger partial charge is 0.339 e. The zero-order chi connectivity index (χ0) is 21.6. The van der Waals surface area contributed by atoms with Crippen LogP contribution in [0.5, 0.6) is 5.75 Å². The summed E-state index contributed by atoms with van der Waals surface area (Å²) in [6, 6.07) is 25.1. The number of benzene rings is 3. The van der Waals surface area contributed by atoms with Crippen LogP contribution in [0.2, 0.25) is 5.02 Å². The van der Waals surface area contributed by atoms with E-state index in [9.17, 15) is 4.79 Å². The summed E-state index contributed by atoms with van der Waals surface area (Å²) in [6.45, 7) is 6.09.